The molecule has 0 aliphatic heterocycles. The number of hydrogen-bond donors (Lipinski definition) is 0. The maximum atomic E-state index is 5.79. The molecule has 0 aliphatic carbocycles. The first-order chi connectivity index (χ1) is 6.74. The second-order valence-electron chi connectivity index (χ2n) is 4.24. The molecule has 0 aromatic rings. The zero-order valence-corrected chi connectivity index (χ0v) is 10.8. The van der Waals surface area contributed by atoms with Crippen molar-refractivity contribution in [2.24, 2.45) is 5.92 Å². The Labute approximate surface area is 94.8 Å². The summed E-state index contributed by atoms with van der Waals surface area (Å²) in [5.41, 5.74) is 0. The molecule has 0 heterocycles. The maximum Gasteiger partial charge on any atom is 0.0351 e. The third-order valence-corrected chi connectivity index (χ3v) is 2.75. The Kier molecular flexibility index (Phi) is 9.97. The van der Waals surface area contributed by atoms with Crippen molar-refractivity contribution >= 4 is 11.6 Å². The fourth-order valence-electron chi connectivity index (χ4n) is 1.82. The molecule has 1 nitrogen and oxygen atoms in total. The SMILES string of the molecule is CCCCN(CCCl)CC(C)CCC. The minimum Gasteiger partial charge on any atom is -0.302 e. The first-order valence-corrected chi connectivity index (χ1v) is 6.56. The largest absolute Gasteiger partial charge is 0.302 e. The molecule has 0 spiro atoms. The molecule has 1 unspecified atom stereocenters. The van der Waals surface area contributed by atoms with Gasteiger partial charge in [-0.25, -0.2) is 0 Å². The van der Waals surface area contributed by atoms with Gasteiger partial charge in [0.05, 0.1) is 0 Å². The van der Waals surface area contributed by atoms with Crippen molar-refractivity contribution in [1.82, 2.24) is 4.90 Å². The number of unbranched alkanes of at least 4 members (excludes halogenated alkanes) is 1. The van der Waals surface area contributed by atoms with E-state index in [1.165, 1.54) is 38.8 Å². The molecule has 86 valence electrons. The van der Waals surface area contributed by atoms with Gasteiger partial charge in [-0.15, -0.1) is 11.6 Å². The van der Waals surface area contributed by atoms with E-state index in [0.717, 1.165) is 18.3 Å². The molecule has 14 heavy (non-hydrogen) atoms. The van der Waals surface area contributed by atoms with E-state index in [4.69, 9.17) is 11.6 Å². The van der Waals surface area contributed by atoms with Crippen LogP contribution in [0.5, 0.6) is 0 Å². The molecular formula is C12H26ClN. The van der Waals surface area contributed by atoms with E-state index in [-0.39, 0.29) is 0 Å². The number of rotatable bonds is 9. The molecule has 2 heteroatoms. The topological polar surface area (TPSA) is 3.24 Å². The molecule has 0 bridgehead atoms. The minimum atomic E-state index is 0.766. The Morgan fingerprint density at radius 2 is 1.86 bits per heavy atom. The maximum absolute atomic E-state index is 5.79. The Hall–Kier alpha value is 0.250. The van der Waals surface area contributed by atoms with Crippen LogP contribution in [-0.4, -0.2) is 30.4 Å². The van der Waals surface area contributed by atoms with Gasteiger partial charge in [0.1, 0.15) is 0 Å². The van der Waals surface area contributed by atoms with Crippen molar-refractivity contribution in [2.45, 2.75) is 46.5 Å². The second kappa shape index (κ2) is 9.79. The van der Waals surface area contributed by atoms with Crippen LogP contribution in [0.4, 0.5) is 0 Å². The summed E-state index contributed by atoms with van der Waals surface area (Å²) in [5.74, 6) is 1.59. The van der Waals surface area contributed by atoms with E-state index < -0.39 is 0 Å². The van der Waals surface area contributed by atoms with Crippen molar-refractivity contribution < 1.29 is 0 Å². The molecule has 0 saturated heterocycles. The molecule has 0 rings (SSSR count). The highest BCUT2D eigenvalue weighted by molar-refractivity contribution is 6.18. The van der Waals surface area contributed by atoms with Gasteiger partial charge in [0.15, 0.2) is 0 Å². The van der Waals surface area contributed by atoms with Gasteiger partial charge < -0.3 is 4.90 Å². The summed E-state index contributed by atoms with van der Waals surface area (Å²) >= 11 is 5.79. The lowest BCUT2D eigenvalue weighted by molar-refractivity contribution is 0.240. The zero-order chi connectivity index (χ0) is 10.8. The number of halogens is 1. The van der Waals surface area contributed by atoms with Crippen LogP contribution < -0.4 is 0 Å². The second-order valence-corrected chi connectivity index (χ2v) is 4.61. The van der Waals surface area contributed by atoms with Crippen LogP contribution in [0, 0.1) is 5.92 Å². The fraction of sp³-hybridized carbons (Fsp3) is 1.00. The van der Waals surface area contributed by atoms with Crippen molar-refractivity contribution in [3.8, 4) is 0 Å². The van der Waals surface area contributed by atoms with Crippen LogP contribution in [0.1, 0.15) is 46.5 Å². The first-order valence-electron chi connectivity index (χ1n) is 6.02. The normalized spacial score (nSPS) is 13.5. The van der Waals surface area contributed by atoms with E-state index >= 15 is 0 Å². The average Bonchev–Trinajstić information content (AvgIpc) is 2.15. The first kappa shape index (κ1) is 14.2. The van der Waals surface area contributed by atoms with E-state index in [9.17, 15) is 0 Å². The van der Waals surface area contributed by atoms with Gasteiger partial charge in [-0.05, 0) is 25.3 Å². The summed E-state index contributed by atoms with van der Waals surface area (Å²) in [7, 11) is 0. The van der Waals surface area contributed by atoms with Crippen molar-refractivity contribution in [1.29, 1.82) is 0 Å². The van der Waals surface area contributed by atoms with Crippen molar-refractivity contribution in [3.05, 3.63) is 0 Å². The Balaban J connectivity index is 3.69. The van der Waals surface area contributed by atoms with Crippen LogP contribution in [0.25, 0.3) is 0 Å². The third-order valence-electron chi connectivity index (χ3n) is 2.58. The van der Waals surface area contributed by atoms with Gasteiger partial charge in [-0.1, -0.05) is 33.6 Å². The van der Waals surface area contributed by atoms with Gasteiger partial charge in [-0.2, -0.15) is 0 Å². The summed E-state index contributed by atoms with van der Waals surface area (Å²) in [6, 6.07) is 0. The molecule has 0 radical (unpaired) electrons. The number of nitrogens with zero attached hydrogens (tertiary/aromatic N) is 1. The van der Waals surface area contributed by atoms with Gasteiger partial charge in [-0.3, -0.25) is 0 Å². The lowest BCUT2D eigenvalue weighted by Gasteiger charge is -2.24. The average molecular weight is 220 g/mol. The highest BCUT2D eigenvalue weighted by Gasteiger charge is 2.08. The lowest BCUT2D eigenvalue weighted by Crippen LogP contribution is -2.31. The summed E-state index contributed by atoms with van der Waals surface area (Å²) < 4.78 is 0. The summed E-state index contributed by atoms with van der Waals surface area (Å²) in [6.45, 7) is 10.3. The molecule has 1 atom stereocenters. The highest BCUT2D eigenvalue weighted by Crippen LogP contribution is 2.08. The molecule has 0 saturated carbocycles. The lowest BCUT2D eigenvalue weighted by atomic mass is 10.1. The Morgan fingerprint density at radius 1 is 1.14 bits per heavy atom. The Morgan fingerprint density at radius 3 is 2.36 bits per heavy atom. The summed E-state index contributed by atoms with van der Waals surface area (Å²) in [5, 5.41) is 0. The smallest absolute Gasteiger partial charge is 0.0351 e. The predicted molar refractivity (Wildman–Crippen MR) is 66.1 cm³/mol. The van der Waals surface area contributed by atoms with E-state index in [0.29, 0.717) is 0 Å². The predicted octanol–water partition coefficient (Wildman–Crippen LogP) is 3.76. The van der Waals surface area contributed by atoms with Crippen molar-refractivity contribution in [2.75, 3.05) is 25.5 Å². The summed E-state index contributed by atoms with van der Waals surface area (Å²) in [6.07, 6.45) is 5.21. The summed E-state index contributed by atoms with van der Waals surface area (Å²) in [4.78, 5) is 2.51. The molecule has 0 aromatic carbocycles. The molecule has 0 aromatic heterocycles. The van der Waals surface area contributed by atoms with E-state index in [1.807, 2.05) is 0 Å². The van der Waals surface area contributed by atoms with Gasteiger partial charge in [0, 0.05) is 19.0 Å². The van der Waals surface area contributed by atoms with Crippen LogP contribution in [-0.2, 0) is 0 Å². The van der Waals surface area contributed by atoms with E-state index in [2.05, 4.69) is 25.7 Å². The van der Waals surface area contributed by atoms with Crippen molar-refractivity contribution in [3.63, 3.8) is 0 Å². The quantitative estimate of drug-likeness (QED) is 0.534. The third kappa shape index (κ3) is 7.64. The van der Waals surface area contributed by atoms with Crippen LogP contribution in [0.15, 0.2) is 0 Å². The minimum absolute atomic E-state index is 0.766. The van der Waals surface area contributed by atoms with Crippen LogP contribution in [0.2, 0.25) is 0 Å². The number of alkyl halides is 1. The van der Waals surface area contributed by atoms with Gasteiger partial charge >= 0.3 is 0 Å². The zero-order valence-electron chi connectivity index (χ0n) is 10.1. The van der Waals surface area contributed by atoms with Gasteiger partial charge in [0.25, 0.3) is 0 Å². The van der Waals surface area contributed by atoms with Crippen LogP contribution >= 0.6 is 11.6 Å². The highest BCUT2D eigenvalue weighted by atomic mass is 35.5. The standard InChI is InChI=1S/C12H26ClN/c1-4-6-9-14(10-8-13)11-12(3)7-5-2/h12H,4-11H2,1-3H3. The van der Waals surface area contributed by atoms with Crippen LogP contribution in [0.3, 0.4) is 0 Å². The molecule has 0 aliphatic rings. The Bertz CT molecular complexity index is 117. The molecule has 0 fully saturated rings. The van der Waals surface area contributed by atoms with Gasteiger partial charge in [0.2, 0.25) is 0 Å². The van der Waals surface area contributed by atoms with E-state index in [1.54, 1.807) is 0 Å². The monoisotopic (exact) mass is 219 g/mol. The molecular weight excluding hydrogens is 194 g/mol. The molecule has 0 N–H and O–H groups in total. The number of hydrogen-bond acceptors (Lipinski definition) is 1. The fourth-order valence-corrected chi connectivity index (χ4v) is 2.06. The molecule has 0 amide bonds.